The number of benzene rings is 1. The normalized spacial score (nSPS) is 9.96. The molecule has 0 atom stereocenters. The van der Waals surface area contributed by atoms with Gasteiger partial charge in [0.2, 0.25) is 5.95 Å². The van der Waals surface area contributed by atoms with E-state index in [1.54, 1.807) is 18.5 Å². The van der Waals surface area contributed by atoms with Crippen molar-refractivity contribution >= 4 is 17.6 Å². The maximum Gasteiger partial charge on any atom is 0.343 e. The van der Waals surface area contributed by atoms with E-state index in [0.29, 0.717) is 12.5 Å². The SMILES string of the molecule is COC(=O)COc1cc([N+](=O)[O-])ccc1OCCNc1ncccn1. The van der Waals surface area contributed by atoms with Crippen molar-refractivity contribution in [2.45, 2.75) is 0 Å². The van der Waals surface area contributed by atoms with E-state index >= 15 is 0 Å². The zero-order chi connectivity index (χ0) is 18.1. The van der Waals surface area contributed by atoms with Crippen molar-refractivity contribution in [2.24, 2.45) is 0 Å². The molecular weight excluding hydrogens is 332 g/mol. The van der Waals surface area contributed by atoms with Crippen molar-refractivity contribution in [2.75, 3.05) is 32.2 Å². The molecule has 1 aromatic carbocycles. The first-order chi connectivity index (χ1) is 12.1. The van der Waals surface area contributed by atoms with Crippen LogP contribution in [0.4, 0.5) is 11.6 Å². The minimum absolute atomic E-state index is 0.0792. The summed E-state index contributed by atoms with van der Waals surface area (Å²) in [5.74, 6) is 0.193. The quantitative estimate of drug-likeness (QED) is 0.310. The number of esters is 1. The van der Waals surface area contributed by atoms with Crippen LogP contribution in [0.3, 0.4) is 0 Å². The molecule has 0 saturated heterocycles. The number of nitrogens with one attached hydrogen (secondary N) is 1. The standard InChI is InChI=1S/C15H16N4O6/c1-23-14(20)10-25-13-9-11(19(21)22)3-4-12(13)24-8-7-18-15-16-5-2-6-17-15/h2-6,9H,7-8,10H2,1H3,(H,16,17,18). The molecule has 0 aliphatic rings. The summed E-state index contributed by atoms with van der Waals surface area (Å²) >= 11 is 0. The third kappa shape index (κ3) is 5.61. The summed E-state index contributed by atoms with van der Waals surface area (Å²) in [5.41, 5.74) is -0.178. The van der Waals surface area contributed by atoms with Crippen LogP contribution in [0.15, 0.2) is 36.7 Å². The Morgan fingerprint density at radius 1 is 1.24 bits per heavy atom. The Hall–Kier alpha value is -3.43. The van der Waals surface area contributed by atoms with Crippen LogP contribution in [0.1, 0.15) is 0 Å². The first-order valence-electron chi connectivity index (χ1n) is 7.22. The van der Waals surface area contributed by atoms with E-state index in [-0.39, 0.29) is 30.4 Å². The Morgan fingerprint density at radius 2 is 2.00 bits per heavy atom. The van der Waals surface area contributed by atoms with Crippen molar-refractivity contribution in [3.05, 3.63) is 46.8 Å². The first kappa shape index (κ1) is 17.9. The largest absolute Gasteiger partial charge is 0.488 e. The van der Waals surface area contributed by atoms with Crippen LogP contribution in [0, 0.1) is 10.1 Å². The van der Waals surface area contributed by atoms with Gasteiger partial charge in [-0.3, -0.25) is 10.1 Å². The fourth-order valence-corrected chi connectivity index (χ4v) is 1.75. The third-order valence-corrected chi connectivity index (χ3v) is 2.92. The number of carbonyl (C=O) groups is 1. The van der Waals surface area contributed by atoms with Crippen molar-refractivity contribution in [3.8, 4) is 11.5 Å². The topological polar surface area (TPSA) is 126 Å². The number of anilines is 1. The van der Waals surface area contributed by atoms with Gasteiger partial charge in [-0.2, -0.15) is 0 Å². The van der Waals surface area contributed by atoms with Crippen LogP contribution in [0.25, 0.3) is 0 Å². The average molecular weight is 348 g/mol. The van der Waals surface area contributed by atoms with Gasteiger partial charge < -0.3 is 19.5 Å². The molecule has 0 amide bonds. The molecule has 10 nitrogen and oxygen atoms in total. The molecule has 2 rings (SSSR count). The number of hydrogen-bond donors (Lipinski definition) is 1. The van der Waals surface area contributed by atoms with E-state index in [9.17, 15) is 14.9 Å². The monoisotopic (exact) mass is 348 g/mol. The Balaban J connectivity index is 1.97. The Morgan fingerprint density at radius 3 is 2.68 bits per heavy atom. The molecule has 132 valence electrons. The second-order valence-electron chi connectivity index (χ2n) is 4.60. The summed E-state index contributed by atoms with van der Waals surface area (Å²) < 4.78 is 15.3. The number of nitrogens with zero attached hydrogens (tertiary/aromatic N) is 3. The summed E-state index contributed by atoms with van der Waals surface area (Å²) in [6, 6.07) is 5.58. The van der Waals surface area contributed by atoms with Gasteiger partial charge in [-0.05, 0) is 12.1 Å². The van der Waals surface area contributed by atoms with Crippen molar-refractivity contribution in [1.82, 2.24) is 9.97 Å². The minimum Gasteiger partial charge on any atom is -0.488 e. The number of methoxy groups -OCH3 is 1. The predicted octanol–water partition coefficient (Wildman–Crippen LogP) is 1.43. The van der Waals surface area contributed by atoms with Gasteiger partial charge in [0, 0.05) is 18.5 Å². The molecule has 0 aliphatic heterocycles. The lowest BCUT2D eigenvalue weighted by molar-refractivity contribution is -0.385. The van der Waals surface area contributed by atoms with E-state index in [1.807, 2.05) is 0 Å². The van der Waals surface area contributed by atoms with Gasteiger partial charge in [0.25, 0.3) is 5.69 Å². The summed E-state index contributed by atoms with van der Waals surface area (Å²) in [6.07, 6.45) is 3.20. The number of nitro groups is 1. The number of hydrogen-bond acceptors (Lipinski definition) is 9. The molecule has 0 saturated carbocycles. The average Bonchev–Trinajstić information content (AvgIpc) is 2.64. The molecule has 0 radical (unpaired) electrons. The van der Waals surface area contributed by atoms with Crippen molar-refractivity contribution in [3.63, 3.8) is 0 Å². The number of rotatable bonds is 9. The van der Waals surface area contributed by atoms with E-state index in [1.165, 1.54) is 25.3 Å². The molecule has 10 heteroatoms. The lowest BCUT2D eigenvalue weighted by Gasteiger charge is -2.12. The molecule has 1 aromatic heterocycles. The minimum atomic E-state index is -0.611. The zero-order valence-electron chi connectivity index (χ0n) is 13.4. The molecular formula is C15H16N4O6. The molecule has 0 bridgehead atoms. The van der Waals surface area contributed by atoms with E-state index < -0.39 is 10.9 Å². The molecule has 0 unspecified atom stereocenters. The summed E-state index contributed by atoms with van der Waals surface area (Å²) in [4.78, 5) is 29.5. The zero-order valence-corrected chi connectivity index (χ0v) is 13.4. The van der Waals surface area contributed by atoms with E-state index in [0.717, 1.165) is 0 Å². The Kier molecular flexibility index (Phi) is 6.46. The summed E-state index contributed by atoms with van der Waals surface area (Å²) in [6.45, 7) is 0.242. The van der Waals surface area contributed by atoms with E-state index in [2.05, 4.69) is 20.0 Å². The molecule has 0 spiro atoms. The van der Waals surface area contributed by atoms with Gasteiger partial charge in [-0.25, -0.2) is 14.8 Å². The highest BCUT2D eigenvalue weighted by Gasteiger charge is 2.14. The lowest BCUT2D eigenvalue weighted by Crippen LogP contribution is -2.15. The molecule has 0 aliphatic carbocycles. The van der Waals surface area contributed by atoms with Gasteiger partial charge in [0.1, 0.15) is 6.61 Å². The van der Waals surface area contributed by atoms with Crippen LogP contribution < -0.4 is 14.8 Å². The Labute approximate surface area is 142 Å². The highest BCUT2D eigenvalue weighted by Crippen LogP contribution is 2.31. The van der Waals surface area contributed by atoms with E-state index in [4.69, 9.17) is 9.47 Å². The van der Waals surface area contributed by atoms with Crippen molar-refractivity contribution < 1.29 is 23.9 Å². The van der Waals surface area contributed by atoms with Crippen LogP contribution in [0.5, 0.6) is 11.5 Å². The van der Waals surface area contributed by atoms with Gasteiger partial charge in [-0.15, -0.1) is 0 Å². The highest BCUT2D eigenvalue weighted by atomic mass is 16.6. The number of carbonyl (C=O) groups excluding carboxylic acids is 1. The van der Waals surface area contributed by atoms with Crippen LogP contribution in [0.2, 0.25) is 0 Å². The third-order valence-electron chi connectivity index (χ3n) is 2.92. The molecule has 1 heterocycles. The van der Waals surface area contributed by atoms with Gasteiger partial charge in [0.15, 0.2) is 18.1 Å². The molecule has 0 fully saturated rings. The predicted molar refractivity (Wildman–Crippen MR) is 86.6 cm³/mol. The number of aromatic nitrogens is 2. The van der Waals surface area contributed by atoms with Crippen LogP contribution >= 0.6 is 0 Å². The lowest BCUT2D eigenvalue weighted by atomic mass is 10.3. The van der Waals surface area contributed by atoms with Crippen LogP contribution in [-0.4, -0.2) is 47.7 Å². The summed E-state index contributed by atoms with van der Waals surface area (Å²) in [5, 5.41) is 13.8. The second kappa shape index (κ2) is 9.01. The molecule has 2 aromatic rings. The van der Waals surface area contributed by atoms with Gasteiger partial charge in [0.05, 0.1) is 24.6 Å². The number of non-ortho nitro benzene ring substituents is 1. The number of ether oxygens (including phenoxy) is 3. The maximum atomic E-state index is 11.2. The van der Waals surface area contributed by atoms with Crippen molar-refractivity contribution in [1.29, 1.82) is 0 Å². The van der Waals surface area contributed by atoms with Gasteiger partial charge in [-0.1, -0.05) is 0 Å². The number of nitro benzene ring substituents is 1. The highest BCUT2D eigenvalue weighted by molar-refractivity contribution is 5.71. The fraction of sp³-hybridized carbons (Fsp3) is 0.267. The first-order valence-corrected chi connectivity index (χ1v) is 7.22. The summed E-state index contributed by atoms with van der Waals surface area (Å²) in [7, 11) is 1.22. The Bertz CT molecular complexity index is 725. The smallest absolute Gasteiger partial charge is 0.343 e. The molecule has 1 N–H and O–H groups in total. The molecule has 25 heavy (non-hydrogen) atoms. The van der Waals surface area contributed by atoms with Crippen LogP contribution in [-0.2, 0) is 9.53 Å². The van der Waals surface area contributed by atoms with Gasteiger partial charge >= 0.3 is 5.97 Å². The maximum absolute atomic E-state index is 11.2. The fourth-order valence-electron chi connectivity index (χ4n) is 1.75. The second-order valence-corrected chi connectivity index (χ2v) is 4.60.